The zero-order chi connectivity index (χ0) is 42.2. The molecule has 0 radical (unpaired) electrons. The van der Waals surface area contributed by atoms with Gasteiger partial charge >= 0.3 is 0 Å². The molecule has 13 rings (SSSR count). The summed E-state index contributed by atoms with van der Waals surface area (Å²) in [5.41, 5.74) is 24.0. The van der Waals surface area contributed by atoms with Crippen molar-refractivity contribution >= 4 is 10.9 Å². The first-order valence-electron chi connectivity index (χ1n) is 22.1. The Kier molecular flexibility index (Phi) is 8.16. The van der Waals surface area contributed by atoms with Crippen molar-refractivity contribution in [3.05, 3.63) is 265 Å². The second kappa shape index (κ2) is 14.4. The Morgan fingerprint density at radius 2 is 0.828 bits per heavy atom. The number of hydrogen-bond donors (Lipinski definition) is 0. The lowest BCUT2D eigenvalue weighted by Gasteiger charge is -2.30. The first kappa shape index (κ1) is 36.3. The predicted octanol–water partition coefficient (Wildman–Crippen LogP) is 15.7. The summed E-state index contributed by atoms with van der Waals surface area (Å²) >= 11 is 0. The topological polar surface area (TPSA) is 17.8 Å². The largest absolute Gasteiger partial charge is 0.316 e. The van der Waals surface area contributed by atoms with E-state index in [0.29, 0.717) is 0 Å². The van der Waals surface area contributed by atoms with E-state index >= 15 is 0 Å². The smallest absolute Gasteiger partial charge is 0.0726 e. The molecular formula is C62H40N2. The maximum Gasteiger partial charge on any atom is 0.0726 e. The lowest BCUT2D eigenvalue weighted by Crippen LogP contribution is -2.25. The first-order chi connectivity index (χ1) is 31.7. The van der Waals surface area contributed by atoms with Crippen molar-refractivity contribution in [2.45, 2.75) is 5.41 Å². The molecule has 2 aliphatic rings. The maximum absolute atomic E-state index is 4.83. The Balaban J connectivity index is 0.966. The molecule has 9 aromatic carbocycles. The normalized spacial score (nSPS) is 12.8. The summed E-state index contributed by atoms with van der Waals surface area (Å²) in [4.78, 5) is 4.83. The van der Waals surface area contributed by atoms with Crippen molar-refractivity contribution in [3.63, 3.8) is 0 Å². The monoisotopic (exact) mass is 812 g/mol. The van der Waals surface area contributed by atoms with Crippen LogP contribution in [0.2, 0.25) is 0 Å². The third kappa shape index (κ3) is 5.49. The fourth-order valence-corrected chi connectivity index (χ4v) is 10.9. The maximum atomic E-state index is 4.83. The molecule has 2 nitrogen and oxygen atoms in total. The second-order valence-corrected chi connectivity index (χ2v) is 17.1. The zero-order valence-electron chi connectivity index (χ0n) is 35.0. The van der Waals surface area contributed by atoms with Gasteiger partial charge in [-0.2, -0.15) is 0 Å². The lowest BCUT2D eigenvalue weighted by molar-refractivity contribution is 0.793. The predicted molar refractivity (Wildman–Crippen MR) is 265 cm³/mol. The number of fused-ring (bicyclic) bond motifs is 11. The Hall–Kier alpha value is -8.33. The van der Waals surface area contributed by atoms with E-state index in [1.54, 1.807) is 0 Å². The summed E-state index contributed by atoms with van der Waals surface area (Å²) in [6, 6.07) is 84.7. The van der Waals surface area contributed by atoms with Crippen molar-refractivity contribution < 1.29 is 0 Å². The van der Waals surface area contributed by atoms with Gasteiger partial charge in [-0.05, 0) is 156 Å². The van der Waals surface area contributed by atoms with Crippen LogP contribution < -0.4 is 0 Å². The fourth-order valence-electron chi connectivity index (χ4n) is 10.9. The van der Waals surface area contributed by atoms with E-state index in [2.05, 4.69) is 235 Å². The van der Waals surface area contributed by atoms with E-state index in [1.807, 2.05) is 12.3 Å². The molecule has 11 aromatic rings. The molecule has 2 aromatic heterocycles. The average Bonchev–Trinajstić information content (AvgIpc) is 4.04. The van der Waals surface area contributed by atoms with Gasteiger partial charge in [0.15, 0.2) is 0 Å². The van der Waals surface area contributed by atoms with E-state index < -0.39 is 0 Å². The van der Waals surface area contributed by atoms with Crippen LogP contribution in [-0.2, 0) is 5.41 Å². The van der Waals surface area contributed by atoms with Gasteiger partial charge in [-0.25, -0.2) is 0 Å². The third-order valence-electron chi connectivity index (χ3n) is 13.7. The standard InChI is InChI=1S/C62H40N2/c1-3-16-41(17-4-1)45-35-46(42-18-5-2-6-19-42)37-48(36-45)49-38-47(39-50(40-49)58-27-13-14-32-63-58)43-29-30-59-44(34-43)31-33-64(59)60-28-15-26-57-61(60)53-22-9-12-25-56(53)62(57)54-23-10-7-20-51(54)52-21-8-11-24-55(52)62/h1-40H. The van der Waals surface area contributed by atoms with Crippen molar-refractivity contribution in [1.82, 2.24) is 9.55 Å². The molecule has 0 unspecified atom stereocenters. The molecule has 0 atom stereocenters. The van der Waals surface area contributed by atoms with E-state index in [9.17, 15) is 0 Å². The van der Waals surface area contributed by atoms with Crippen LogP contribution in [0.4, 0.5) is 0 Å². The van der Waals surface area contributed by atoms with Crippen LogP contribution in [0.25, 0.3) is 94.6 Å². The minimum absolute atomic E-state index is 0.385. The molecule has 2 heterocycles. The molecule has 0 bridgehead atoms. The first-order valence-corrected chi connectivity index (χ1v) is 22.1. The van der Waals surface area contributed by atoms with Crippen LogP contribution in [0.1, 0.15) is 22.3 Å². The fraction of sp³-hybridized carbons (Fsp3) is 0.0161. The van der Waals surface area contributed by atoms with Crippen molar-refractivity contribution in [2.75, 3.05) is 0 Å². The second-order valence-electron chi connectivity index (χ2n) is 17.1. The minimum Gasteiger partial charge on any atom is -0.316 e. The Morgan fingerprint density at radius 3 is 1.44 bits per heavy atom. The molecule has 2 aliphatic carbocycles. The third-order valence-corrected chi connectivity index (χ3v) is 13.7. The summed E-state index contributed by atoms with van der Waals surface area (Å²) in [5.74, 6) is 0. The number of rotatable bonds is 6. The SMILES string of the molecule is c1ccc(-c2cc(-c3ccccc3)cc(-c3cc(-c4ccc5c(ccn5-c5cccc6c5-c5ccccc5C65c6ccccc6-c6ccccc65)c4)cc(-c4ccccn4)c3)c2)cc1. The van der Waals surface area contributed by atoms with Gasteiger partial charge in [0.1, 0.15) is 0 Å². The Labute approximate surface area is 373 Å². The highest BCUT2D eigenvalue weighted by Gasteiger charge is 2.52. The number of nitrogens with zero attached hydrogens (tertiary/aromatic N) is 2. The summed E-state index contributed by atoms with van der Waals surface area (Å²) in [7, 11) is 0. The average molecular weight is 813 g/mol. The number of pyridine rings is 1. The van der Waals surface area contributed by atoms with Gasteiger partial charge < -0.3 is 4.57 Å². The van der Waals surface area contributed by atoms with Gasteiger partial charge in [0, 0.05) is 28.9 Å². The Bertz CT molecular complexity index is 3500. The molecule has 298 valence electrons. The van der Waals surface area contributed by atoms with Crippen molar-refractivity contribution in [3.8, 4) is 83.7 Å². The highest BCUT2D eigenvalue weighted by molar-refractivity contribution is 5.99. The lowest BCUT2D eigenvalue weighted by atomic mass is 9.70. The Morgan fingerprint density at radius 1 is 0.328 bits per heavy atom. The molecule has 64 heavy (non-hydrogen) atoms. The highest BCUT2D eigenvalue weighted by Crippen LogP contribution is 2.63. The van der Waals surface area contributed by atoms with Gasteiger partial charge in [0.25, 0.3) is 0 Å². The van der Waals surface area contributed by atoms with Crippen LogP contribution >= 0.6 is 0 Å². The number of benzene rings is 9. The van der Waals surface area contributed by atoms with Gasteiger partial charge in [-0.3, -0.25) is 4.98 Å². The van der Waals surface area contributed by atoms with Crippen LogP contribution in [-0.4, -0.2) is 9.55 Å². The number of aromatic nitrogens is 2. The van der Waals surface area contributed by atoms with Crippen LogP contribution in [0.5, 0.6) is 0 Å². The van der Waals surface area contributed by atoms with Gasteiger partial charge in [-0.1, -0.05) is 158 Å². The molecule has 1 spiro atoms. The van der Waals surface area contributed by atoms with E-state index in [1.165, 1.54) is 83.4 Å². The van der Waals surface area contributed by atoms with Crippen LogP contribution in [0, 0.1) is 0 Å². The van der Waals surface area contributed by atoms with Crippen molar-refractivity contribution in [1.29, 1.82) is 0 Å². The van der Waals surface area contributed by atoms with E-state index in [0.717, 1.165) is 33.5 Å². The highest BCUT2D eigenvalue weighted by atomic mass is 15.0. The molecule has 0 N–H and O–H groups in total. The van der Waals surface area contributed by atoms with Crippen molar-refractivity contribution in [2.24, 2.45) is 0 Å². The molecule has 0 saturated carbocycles. The zero-order valence-corrected chi connectivity index (χ0v) is 35.0. The summed E-state index contributed by atoms with van der Waals surface area (Å²) in [6.45, 7) is 0. The van der Waals surface area contributed by atoms with Gasteiger partial charge in [0.2, 0.25) is 0 Å². The number of hydrogen-bond acceptors (Lipinski definition) is 1. The summed E-state index contributed by atoms with van der Waals surface area (Å²) in [6.07, 6.45) is 4.13. The summed E-state index contributed by atoms with van der Waals surface area (Å²) < 4.78 is 2.40. The minimum atomic E-state index is -0.385. The van der Waals surface area contributed by atoms with E-state index in [-0.39, 0.29) is 5.41 Å². The molecule has 0 fully saturated rings. The molecule has 0 saturated heterocycles. The molecule has 0 amide bonds. The quantitative estimate of drug-likeness (QED) is 0.164. The van der Waals surface area contributed by atoms with Crippen LogP contribution in [0.3, 0.4) is 0 Å². The van der Waals surface area contributed by atoms with Gasteiger partial charge in [0.05, 0.1) is 22.3 Å². The molecular weight excluding hydrogens is 773 g/mol. The molecule has 2 heteroatoms. The van der Waals surface area contributed by atoms with E-state index in [4.69, 9.17) is 4.98 Å². The molecule has 0 aliphatic heterocycles. The van der Waals surface area contributed by atoms with Crippen LogP contribution in [0.15, 0.2) is 243 Å². The van der Waals surface area contributed by atoms with Gasteiger partial charge in [-0.15, -0.1) is 0 Å². The summed E-state index contributed by atoms with van der Waals surface area (Å²) in [5, 5.41) is 1.19.